The lowest BCUT2D eigenvalue weighted by Crippen LogP contribution is -2.36. The Morgan fingerprint density at radius 1 is 1.44 bits per heavy atom. The van der Waals surface area contributed by atoms with Gasteiger partial charge < -0.3 is 14.4 Å². The first-order valence-corrected chi connectivity index (χ1v) is 5.06. The van der Waals surface area contributed by atoms with Crippen molar-refractivity contribution < 1.29 is 9.47 Å². The molecule has 1 aromatic heterocycles. The van der Waals surface area contributed by atoms with Gasteiger partial charge in [0, 0.05) is 13.1 Å². The van der Waals surface area contributed by atoms with Crippen LogP contribution in [0.3, 0.4) is 0 Å². The van der Waals surface area contributed by atoms with E-state index in [1.807, 2.05) is 0 Å². The minimum absolute atomic E-state index is 0.222. The Morgan fingerprint density at radius 2 is 2.19 bits per heavy atom. The molecule has 0 aliphatic carbocycles. The van der Waals surface area contributed by atoms with Crippen LogP contribution >= 0.6 is 0 Å². The monoisotopic (exact) mass is 223 g/mol. The summed E-state index contributed by atoms with van der Waals surface area (Å²) in [4.78, 5) is 16.8. The third-order valence-corrected chi connectivity index (χ3v) is 2.45. The Kier molecular flexibility index (Phi) is 3.31. The standard InChI is InChI=1S/C10H13N3O3/c1-15-10-8(12-14)2-3-9(11-10)13-4-6-16-7-5-13/h2-3H,4-7H2,1H3. The van der Waals surface area contributed by atoms with Gasteiger partial charge in [0.25, 0.3) is 0 Å². The largest absolute Gasteiger partial charge is 0.479 e. The van der Waals surface area contributed by atoms with Gasteiger partial charge in [-0.2, -0.15) is 4.98 Å². The van der Waals surface area contributed by atoms with Crippen LogP contribution in [0.1, 0.15) is 0 Å². The highest BCUT2D eigenvalue weighted by atomic mass is 16.5. The Labute approximate surface area is 93.2 Å². The van der Waals surface area contributed by atoms with Gasteiger partial charge in [-0.1, -0.05) is 0 Å². The number of morpholine rings is 1. The Morgan fingerprint density at radius 3 is 2.81 bits per heavy atom. The molecular formula is C10H13N3O3. The zero-order valence-corrected chi connectivity index (χ0v) is 9.05. The lowest BCUT2D eigenvalue weighted by atomic mass is 10.3. The zero-order valence-electron chi connectivity index (χ0n) is 9.05. The summed E-state index contributed by atoms with van der Waals surface area (Å²) in [5.41, 5.74) is 0.222. The number of ether oxygens (including phenoxy) is 2. The maximum absolute atomic E-state index is 10.5. The molecular weight excluding hydrogens is 210 g/mol. The van der Waals surface area contributed by atoms with Crippen LogP contribution in [0.5, 0.6) is 5.88 Å². The summed E-state index contributed by atoms with van der Waals surface area (Å²) in [7, 11) is 1.47. The molecule has 1 aliphatic rings. The molecule has 0 saturated carbocycles. The molecule has 16 heavy (non-hydrogen) atoms. The first-order valence-electron chi connectivity index (χ1n) is 5.06. The molecule has 0 N–H and O–H groups in total. The molecule has 0 radical (unpaired) electrons. The van der Waals surface area contributed by atoms with E-state index in [4.69, 9.17) is 9.47 Å². The molecule has 2 heterocycles. The lowest BCUT2D eigenvalue weighted by Gasteiger charge is -2.27. The molecule has 0 amide bonds. The number of hydrogen-bond donors (Lipinski definition) is 0. The molecule has 0 spiro atoms. The quantitative estimate of drug-likeness (QED) is 0.723. The molecule has 1 fully saturated rings. The highest BCUT2D eigenvalue weighted by Gasteiger charge is 2.14. The number of aromatic nitrogens is 1. The van der Waals surface area contributed by atoms with Crippen molar-refractivity contribution in [2.75, 3.05) is 38.3 Å². The molecule has 1 aromatic rings. The summed E-state index contributed by atoms with van der Waals surface area (Å²) in [6.07, 6.45) is 0. The summed E-state index contributed by atoms with van der Waals surface area (Å²) in [6.45, 7) is 2.98. The number of anilines is 1. The molecule has 86 valence electrons. The molecule has 1 aliphatic heterocycles. The number of hydrogen-bond acceptors (Lipinski definition) is 6. The number of nitroso groups, excluding NO2 is 1. The van der Waals surface area contributed by atoms with Gasteiger partial charge in [-0.15, -0.1) is 4.91 Å². The summed E-state index contributed by atoms with van der Waals surface area (Å²) in [5.74, 6) is 1.05. The second-order valence-corrected chi connectivity index (χ2v) is 3.39. The average Bonchev–Trinajstić information content (AvgIpc) is 2.39. The first-order chi connectivity index (χ1) is 7.85. The zero-order chi connectivity index (χ0) is 11.4. The van der Waals surface area contributed by atoms with Crippen molar-refractivity contribution in [2.24, 2.45) is 5.18 Å². The van der Waals surface area contributed by atoms with E-state index >= 15 is 0 Å². The van der Waals surface area contributed by atoms with E-state index in [2.05, 4.69) is 15.1 Å². The molecule has 6 heteroatoms. The van der Waals surface area contributed by atoms with Gasteiger partial charge >= 0.3 is 0 Å². The minimum atomic E-state index is 0.222. The van der Waals surface area contributed by atoms with Crippen LogP contribution in [-0.4, -0.2) is 38.4 Å². The molecule has 0 aromatic carbocycles. The number of rotatable bonds is 3. The van der Waals surface area contributed by atoms with Crippen LogP contribution in [0.2, 0.25) is 0 Å². The highest BCUT2D eigenvalue weighted by Crippen LogP contribution is 2.27. The molecule has 0 bridgehead atoms. The van der Waals surface area contributed by atoms with Crippen LogP contribution in [0, 0.1) is 4.91 Å². The van der Waals surface area contributed by atoms with E-state index in [1.54, 1.807) is 12.1 Å². The van der Waals surface area contributed by atoms with Gasteiger partial charge in [0.15, 0.2) is 5.69 Å². The molecule has 0 atom stereocenters. The second-order valence-electron chi connectivity index (χ2n) is 3.39. The lowest BCUT2D eigenvalue weighted by molar-refractivity contribution is 0.122. The van der Waals surface area contributed by atoms with E-state index < -0.39 is 0 Å². The fourth-order valence-corrected chi connectivity index (χ4v) is 1.61. The average molecular weight is 223 g/mol. The van der Waals surface area contributed by atoms with Crippen molar-refractivity contribution in [2.45, 2.75) is 0 Å². The van der Waals surface area contributed by atoms with E-state index in [0.717, 1.165) is 18.9 Å². The normalized spacial score (nSPS) is 15.9. The number of nitrogens with zero attached hydrogens (tertiary/aromatic N) is 3. The third-order valence-electron chi connectivity index (χ3n) is 2.45. The van der Waals surface area contributed by atoms with Gasteiger partial charge in [0.1, 0.15) is 5.82 Å². The fraction of sp³-hybridized carbons (Fsp3) is 0.500. The van der Waals surface area contributed by atoms with Crippen LogP contribution in [0.15, 0.2) is 17.3 Å². The van der Waals surface area contributed by atoms with Gasteiger partial charge in [0.2, 0.25) is 5.88 Å². The Balaban J connectivity index is 2.24. The second kappa shape index (κ2) is 4.89. The van der Waals surface area contributed by atoms with Crippen LogP contribution in [0.4, 0.5) is 11.5 Å². The van der Waals surface area contributed by atoms with Gasteiger partial charge in [-0.05, 0) is 17.3 Å². The van der Waals surface area contributed by atoms with Crippen molar-refractivity contribution >= 4 is 11.5 Å². The first kappa shape index (κ1) is 10.8. The van der Waals surface area contributed by atoms with E-state index in [-0.39, 0.29) is 11.6 Å². The summed E-state index contributed by atoms with van der Waals surface area (Å²) in [6, 6.07) is 3.38. The van der Waals surface area contributed by atoms with Gasteiger partial charge in [0.05, 0.1) is 20.3 Å². The van der Waals surface area contributed by atoms with Crippen molar-refractivity contribution in [3.63, 3.8) is 0 Å². The van der Waals surface area contributed by atoms with E-state index in [1.165, 1.54) is 7.11 Å². The third kappa shape index (κ3) is 2.11. The van der Waals surface area contributed by atoms with Crippen LogP contribution < -0.4 is 9.64 Å². The predicted molar refractivity (Wildman–Crippen MR) is 59.3 cm³/mol. The topological polar surface area (TPSA) is 64.0 Å². The number of methoxy groups -OCH3 is 1. The summed E-state index contributed by atoms with van der Waals surface area (Å²) in [5, 5.41) is 2.85. The summed E-state index contributed by atoms with van der Waals surface area (Å²) < 4.78 is 10.3. The SMILES string of the molecule is COc1nc(N2CCOCC2)ccc1N=O. The Bertz CT molecular complexity index is 378. The van der Waals surface area contributed by atoms with E-state index in [9.17, 15) is 4.91 Å². The van der Waals surface area contributed by atoms with Crippen molar-refractivity contribution in [3.05, 3.63) is 17.0 Å². The number of pyridine rings is 1. The summed E-state index contributed by atoms with van der Waals surface area (Å²) >= 11 is 0. The maximum atomic E-state index is 10.5. The molecule has 0 unspecified atom stereocenters. The van der Waals surface area contributed by atoms with Crippen LogP contribution in [-0.2, 0) is 4.74 Å². The maximum Gasteiger partial charge on any atom is 0.245 e. The van der Waals surface area contributed by atoms with Crippen molar-refractivity contribution in [1.82, 2.24) is 4.98 Å². The van der Waals surface area contributed by atoms with Crippen molar-refractivity contribution in [1.29, 1.82) is 0 Å². The van der Waals surface area contributed by atoms with E-state index in [0.29, 0.717) is 13.2 Å². The van der Waals surface area contributed by atoms with Gasteiger partial charge in [-0.3, -0.25) is 0 Å². The Hall–Kier alpha value is -1.69. The minimum Gasteiger partial charge on any atom is -0.479 e. The molecule has 6 nitrogen and oxygen atoms in total. The van der Waals surface area contributed by atoms with Crippen LogP contribution in [0.25, 0.3) is 0 Å². The molecule has 1 saturated heterocycles. The highest BCUT2D eigenvalue weighted by molar-refractivity contribution is 5.54. The fourth-order valence-electron chi connectivity index (χ4n) is 1.61. The van der Waals surface area contributed by atoms with Gasteiger partial charge in [-0.25, -0.2) is 0 Å². The molecule has 2 rings (SSSR count). The predicted octanol–water partition coefficient (Wildman–Crippen LogP) is 1.32. The smallest absolute Gasteiger partial charge is 0.245 e. The van der Waals surface area contributed by atoms with Crippen molar-refractivity contribution in [3.8, 4) is 5.88 Å².